The molecule has 5 rings (SSSR count). The maximum absolute atomic E-state index is 2.56. The summed E-state index contributed by atoms with van der Waals surface area (Å²) >= 11 is 0. The van der Waals surface area contributed by atoms with Crippen molar-refractivity contribution in [1.29, 1.82) is 0 Å². The van der Waals surface area contributed by atoms with Gasteiger partial charge in [-0.2, -0.15) is 0 Å². The fourth-order valence-electron chi connectivity index (χ4n) is 5.22. The second-order valence-electron chi connectivity index (χ2n) is 10.2. The molecule has 0 unspecified atom stereocenters. The zero-order valence-electron chi connectivity index (χ0n) is 23.4. The second kappa shape index (κ2) is 13.6. The van der Waals surface area contributed by atoms with Crippen LogP contribution in [0.3, 0.4) is 0 Å². The van der Waals surface area contributed by atoms with Crippen LogP contribution in [-0.2, 0) is 0 Å². The maximum Gasteiger partial charge on any atom is 0.0326 e. The van der Waals surface area contributed by atoms with Crippen LogP contribution >= 0.6 is 0 Å². The van der Waals surface area contributed by atoms with Crippen LogP contribution < -0.4 is 0 Å². The first-order valence-electron chi connectivity index (χ1n) is 14.1. The highest BCUT2D eigenvalue weighted by molar-refractivity contribution is 5.80. The smallest absolute Gasteiger partial charge is 0.0326 e. The van der Waals surface area contributed by atoms with E-state index in [2.05, 4.69) is 176 Å². The molecular weight excluding hydrogens is 482 g/mol. The highest BCUT2D eigenvalue weighted by Crippen LogP contribution is 2.28. The molecule has 0 fully saturated rings. The summed E-state index contributed by atoms with van der Waals surface area (Å²) in [4.78, 5) is 2.56. The minimum atomic E-state index is 0.244. The third kappa shape index (κ3) is 6.94. The first-order valence-corrected chi connectivity index (χ1v) is 14.1. The predicted octanol–water partition coefficient (Wildman–Crippen LogP) is 9.62. The van der Waals surface area contributed by atoms with E-state index in [-0.39, 0.29) is 6.04 Å². The van der Waals surface area contributed by atoms with Crippen LogP contribution in [0.4, 0.5) is 0 Å². The lowest BCUT2D eigenvalue weighted by atomic mass is 9.96. The van der Waals surface area contributed by atoms with E-state index < -0.39 is 0 Å². The second-order valence-corrected chi connectivity index (χ2v) is 10.2. The maximum atomic E-state index is 2.56. The summed E-state index contributed by atoms with van der Waals surface area (Å²) in [5, 5.41) is 0. The van der Waals surface area contributed by atoms with Crippen molar-refractivity contribution in [2.24, 2.45) is 0 Å². The van der Waals surface area contributed by atoms with Gasteiger partial charge in [-0.3, -0.25) is 4.90 Å². The highest BCUT2D eigenvalue weighted by atomic mass is 15.1. The van der Waals surface area contributed by atoms with Crippen molar-refractivity contribution in [3.63, 3.8) is 0 Å². The van der Waals surface area contributed by atoms with E-state index in [1.165, 1.54) is 44.5 Å². The van der Waals surface area contributed by atoms with Crippen molar-refractivity contribution in [3.8, 4) is 0 Å². The number of hydrogen-bond donors (Lipinski definition) is 0. The Morgan fingerprint density at radius 2 is 0.900 bits per heavy atom. The van der Waals surface area contributed by atoms with Crippen LogP contribution in [0.2, 0.25) is 0 Å². The molecule has 40 heavy (non-hydrogen) atoms. The number of aryl methyl sites for hydroxylation is 1. The van der Waals surface area contributed by atoms with Gasteiger partial charge in [0, 0.05) is 19.1 Å². The van der Waals surface area contributed by atoms with E-state index in [1.807, 2.05) is 0 Å². The van der Waals surface area contributed by atoms with Gasteiger partial charge in [-0.15, -0.1) is 0 Å². The first kappa shape index (κ1) is 27.1. The van der Waals surface area contributed by atoms with Gasteiger partial charge in [0.1, 0.15) is 0 Å². The lowest BCUT2D eigenvalue weighted by Crippen LogP contribution is -2.28. The van der Waals surface area contributed by atoms with Crippen molar-refractivity contribution in [2.45, 2.75) is 19.9 Å². The molecule has 1 atom stereocenters. The molecule has 5 aromatic rings. The zero-order valence-corrected chi connectivity index (χ0v) is 23.4. The largest absolute Gasteiger partial charge is 0.289 e. The van der Waals surface area contributed by atoms with Crippen LogP contribution in [0.25, 0.3) is 11.1 Å². The Labute approximate surface area is 239 Å². The van der Waals surface area contributed by atoms with Gasteiger partial charge in [0.15, 0.2) is 0 Å². The SMILES string of the molecule is Cc1cccc([C@@H](C)N(CC=C(c2ccccc2)c2ccccc2)CC=C(c2ccccc2)c2ccccc2)c1. The van der Waals surface area contributed by atoms with Gasteiger partial charge in [-0.1, -0.05) is 163 Å². The summed E-state index contributed by atoms with van der Waals surface area (Å²) in [6.07, 6.45) is 4.80. The van der Waals surface area contributed by atoms with Gasteiger partial charge in [0.2, 0.25) is 0 Å². The minimum absolute atomic E-state index is 0.244. The van der Waals surface area contributed by atoms with Crippen molar-refractivity contribution < 1.29 is 0 Å². The van der Waals surface area contributed by atoms with Gasteiger partial charge >= 0.3 is 0 Å². The lowest BCUT2D eigenvalue weighted by molar-refractivity contribution is 0.260. The normalized spacial score (nSPS) is 11.6. The van der Waals surface area contributed by atoms with E-state index in [9.17, 15) is 0 Å². The van der Waals surface area contributed by atoms with Gasteiger partial charge < -0.3 is 0 Å². The van der Waals surface area contributed by atoms with Crippen LogP contribution in [0, 0.1) is 6.92 Å². The van der Waals surface area contributed by atoms with E-state index >= 15 is 0 Å². The third-order valence-electron chi connectivity index (χ3n) is 7.47. The molecular formula is C39H37N. The van der Waals surface area contributed by atoms with Crippen molar-refractivity contribution in [2.75, 3.05) is 13.1 Å². The molecule has 0 spiro atoms. The van der Waals surface area contributed by atoms with Crippen molar-refractivity contribution in [1.82, 2.24) is 4.90 Å². The Balaban J connectivity index is 1.54. The number of benzene rings is 5. The molecule has 198 valence electrons. The molecule has 1 heteroatoms. The average Bonchev–Trinajstić information content (AvgIpc) is 3.02. The molecule has 0 radical (unpaired) electrons. The molecule has 0 N–H and O–H groups in total. The summed E-state index contributed by atoms with van der Waals surface area (Å²) in [5.41, 5.74) is 10.1. The standard InChI is InChI=1S/C39H37N/c1-31-16-15-25-37(30-31)32(2)40(28-26-38(33-17-7-3-8-18-33)34-19-9-4-10-20-34)29-27-39(35-21-11-5-12-22-35)36-23-13-6-14-24-36/h3-27,30,32H,28-29H2,1-2H3/t32-/m1/s1. The molecule has 0 aromatic heterocycles. The molecule has 0 aliphatic rings. The predicted molar refractivity (Wildman–Crippen MR) is 171 cm³/mol. The Morgan fingerprint density at radius 3 is 1.25 bits per heavy atom. The Bertz CT molecular complexity index is 1360. The van der Waals surface area contributed by atoms with Gasteiger partial charge in [-0.05, 0) is 52.8 Å². The van der Waals surface area contributed by atoms with Crippen LogP contribution in [0.15, 0.2) is 158 Å². The summed E-state index contributed by atoms with van der Waals surface area (Å²) in [7, 11) is 0. The van der Waals surface area contributed by atoms with Crippen molar-refractivity contribution in [3.05, 3.63) is 191 Å². The van der Waals surface area contributed by atoms with Gasteiger partial charge in [0.25, 0.3) is 0 Å². The third-order valence-corrected chi connectivity index (χ3v) is 7.47. The van der Waals surface area contributed by atoms with Gasteiger partial charge in [0.05, 0.1) is 0 Å². The number of rotatable bonds is 10. The molecule has 0 aliphatic heterocycles. The quantitative estimate of drug-likeness (QED) is 0.177. The molecule has 5 aromatic carbocycles. The summed E-state index contributed by atoms with van der Waals surface area (Å²) in [6, 6.07) is 52.1. The fourth-order valence-corrected chi connectivity index (χ4v) is 5.22. The van der Waals surface area contributed by atoms with E-state index in [1.54, 1.807) is 0 Å². The number of hydrogen-bond acceptors (Lipinski definition) is 1. The number of nitrogens with zero attached hydrogens (tertiary/aromatic N) is 1. The Kier molecular flexibility index (Phi) is 9.19. The van der Waals surface area contributed by atoms with Gasteiger partial charge in [-0.25, -0.2) is 0 Å². The summed E-state index contributed by atoms with van der Waals surface area (Å²) in [5.74, 6) is 0. The summed E-state index contributed by atoms with van der Waals surface area (Å²) in [6.45, 7) is 6.14. The molecule has 0 aliphatic carbocycles. The molecule has 0 bridgehead atoms. The van der Waals surface area contributed by atoms with Crippen LogP contribution in [0.5, 0.6) is 0 Å². The van der Waals surface area contributed by atoms with E-state index in [4.69, 9.17) is 0 Å². The lowest BCUT2D eigenvalue weighted by Gasteiger charge is -2.28. The van der Waals surface area contributed by atoms with Crippen LogP contribution in [-0.4, -0.2) is 18.0 Å². The van der Waals surface area contributed by atoms with E-state index in [0.29, 0.717) is 0 Å². The summed E-state index contributed by atoms with van der Waals surface area (Å²) < 4.78 is 0. The molecule has 0 saturated carbocycles. The Hall–Kier alpha value is -4.46. The molecule has 0 amide bonds. The molecule has 1 nitrogen and oxygen atoms in total. The zero-order chi connectivity index (χ0) is 27.6. The molecule has 0 saturated heterocycles. The topological polar surface area (TPSA) is 3.24 Å². The van der Waals surface area contributed by atoms with E-state index in [0.717, 1.165) is 13.1 Å². The van der Waals surface area contributed by atoms with Crippen molar-refractivity contribution >= 4 is 11.1 Å². The monoisotopic (exact) mass is 519 g/mol. The molecule has 0 heterocycles. The highest BCUT2D eigenvalue weighted by Gasteiger charge is 2.16. The average molecular weight is 520 g/mol. The fraction of sp³-hybridized carbons (Fsp3) is 0.128. The minimum Gasteiger partial charge on any atom is -0.289 e. The first-order chi connectivity index (χ1) is 19.7. The van der Waals surface area contributed by atoms with Crippen LogP contribution in [0.1, 0.15) is 46.3 Å². The Morgan fingerprint density at radius 1 is 0.525 bits per heavy atom.